The maximum Gasteiger partial charge on any atom is 0.115 e. The van der Waals surface area contributed by atoms with Crippen molar-refractivity contribution in [3.63, 3.8) is 0 Å². The van der Waals surface area contributed by atoms with Gasteiger partial charge in [0.15, 0.2) is 0 Å². The molecular formula is C27H20O3. The van der Waals surface area contributed by atoms with Gasteiger partial charge in [-0.1, -0.05) is 60.7 Å². The maximum atomic E-state index is 9.83. The number of hydrogen-bond donors (Lipinski definition) is 3. The largest absolute Gasteiger partial charge is 0.508 e. The summed E-state index contributed by atoms with van der Waals surface area (Å²) in [6, 6.07) is 30.2. The summed E-state index contributed by atoms with van der Waals surface area (Å²) in [7, 11) is 0. The van der Waals surface area contributed by atoms with Crippen LogP contribution in [0.3, 0.4) is 0 Å². The third-order valence-corrected chi connectivity index (χ3v) is 5.66. The molecule has 30 heavy (non-hydrogen) atoms. The van der Waals surface area contributed by atoms with Crippen molar-refractivity contribution >= 4 is 11.1 Å². The zero-order valence-corrected chi connectivity index (χ0v) is 16.2. The summed E-state index contributed by atoms with van der Waals surface area (Å²) < 4.78 is 0. The molecule has 0 radical (unpaired) electrons. The van der Waals surface area contributed by atoms with Crippen molar-refractivity contribution in [2.24, 2.45) is 0 Å². The zero-order valence-electron chi connectivity index (χ0n) is 16.2. The van der Waals surface area contributed by atoms with Crippen molar-refractivity contribution in [3.8, 4) is 17.2 Å². The lowest BCUT2D eigenvalue weighted by atomic mass is 9.84. The molecule has 5 rings (SSSR count). The summed E-state index contributed by atoms with van der Waals surface area (Å²) >= 11 is 0. The van der Waals surface area contributed by atoms with Crippen LogP contribution in [0.15, 0.2) is 97.1 Å². The number of phenols is 3. The van der Waals surface area contributed by atoms with Gasteiger partial charge in [0.05, 0.1) is 0 Å². The van der Waals surface area contributed by atoms with Gasteiger partial charge in [0.2, 0.25) is 0 Å². The Bertz CT molecular complexity index is 1230. The lowest BCUT2D eigenvalue weighted by molar-refractivity contribution is 0.474. The van der Waals surface area contributed by atoms with Gasteiger partial charge in [-0.2, -0.15) is 0 Å². The Morgan fingerprint density at radius 1 is 0.500 bits per heavy atom. The Labute approximate surface area is 174 Å². The molecule has 0 bridgehead atoms. The predicted molar refractivity (Wildman–Crippen MR) is 119 cm³/mol. The van der Waals surface area contributed by atoms with E-state index in [1.54, 1.807) is 36.4 Å². The molecular weight excluding hydrogens is 372 g/mol. The first-order chi connectivity index (χ1) is 14.6. The maximum absolute atomic E-state index is 9.83. The van der Waals surface area contributed by atoms with Gasteiger partial charge in [0.25, 0.3) is 0 Å². The fourth-order valence-electron chi connectivity index (χ4n) is 4.33. The Balaban J connectivity index is 1.83. The smallest absolute Gasteiger partial charge is 0.115 e. The molecule has 3 N–H and O–H groups in total. The number of phenolic OH excluding ortho intramolecular Hbond substituents is 3. The molecule has 0 aliphatic heterocycles. The van der Waals surface area contributed by atoms with Crippen molar-refractivity contribution in [3.05, 3.63) is 125 Å². The SMILES string of the molecule is Oc1ccc(C2=C(c3ccc(O)cc3)C(c3ccc(O)cc3)c3ccccc32)cc1. The van der Waals surface area contributed by atoms with Gasteiger partial charge >= 0.3 is 0 Å². The Hall–Kier alpha value is -3.98. The third kappa shape index (κ3) is 3.01. The molecule has 0 saturated heterocycles. The van der Waals surface area contributed by atoms with Crippen molar-refractivity contribution < 1.29 is 15.3 Å². The highest BCUT2D eigenvalue weighted by Crippen LogP contribution is 2.52. The number of benzene rings is 4. The first kappa shape index (κ1) is 18.1. The van der Waals surface area contributed by atoms with E-state index in [-0.39, 0.29) is 23.2 Å². The molecule has 0 fully saturated rings. The van der Waals surface area contributed by atoms with Gasteiger partial charge in [0, 0.05) is 5.92 Å². The van der Waals surface area contributed by atoms with E-state index < -0.39 is 0 Å². The van der Waals surface area contributed by atoms with Crippen LogP contribution in [0.2, 0.25) is 0 Å². The van der Waals surface area contributed by atoms with Crippen LogP contribution in [0.1, 0.15) is 33.7 Å². The molecule has 4 aromatic rings. The van der Waals surface area contributed by atoms with Gasteiger partial charge in [-0.05, 0) is 75.4 Å². The molecule has 0 aromatic heterocycles. The second-order valence-corrected chi connectivity index (χ2v) is 7.49. The van der Waals surface area contributed by atoms with E-state index in [4.69, 9.17) is 0 Å². The molecule has 3 nitrogen and oxygen atoms in total. The van der Waals surface area contributed by atoms with Crippen LogP contribution >= 0.6 is 0 Å². The number of fused-ring (bicyclic) bond motifs is 1. The van der Waals surface area contributed by atoms with E-state index >= 15 is 0 Å². The second kappa shape index (κ2) is 7.12. The minimum Gasteiger partial charge on any atom is -0.508 e. The first-order valence-electron chi connectivity index (χ1n) is 9.83. The van der Waals surface area contributed by atoms with E-state index in [9.17, 15) is 15.3 Å². The molecule has 0 heterocycles. The molecule has 0 amide bonds. The summed E-state index contributed by atoms with van der Waals surface area (Å²) in [6.45, 7) is 0. The molecule has 1 aliphatic carbocycles. The first-order valence-corrected chi connectivity index (χ1v) is 9.83. The standard InChI is InChI=1S/C27H20O3/c28-20-11-5-17(6-12-20)25-23-3-1-2-4-24(23)26(18-7-13-21(29)14-8-18)27(25)19-9-15-22(30)16-10-19/h1-16,25,28-30H. The summed E-state index contributed by atoms with van der Waals surface area (Å²) in [5, 5.41) is 29.4. The Morgan fingerprint density at radius 2 is 1.00 bits per heavy atom. The molecule has 146 valence electrons. The molecule has 0 spiro atoms. The van der Waals surface area contributed by atoms with Gasteiger partial charge in [-0.25, -0.2) is 0 Å². The number of hydrogen-bond acceptors (Lipinski definition) is 3. The summed E-state index contributed by atoms with van der Waals surface area (Å²) in [6.07, 6.45) is 0. The van der Waals surface area contributed by atoms with Crippen molar-refractivity contribution in [2.75, 3.05) is 0 Å². The Morgan fingerprint density at radius 3 is 1.60 bits per heavy atom. The van der Waals surface area contributed by atoms with E-state index in [0.717, 1.165) is 33.4 Å². The number of aromatic hydroxyl groups is 3. The van der Waals surface area contributed by atoms with E-state index in [1.807, 2.05) is 48.5 Å². The van der Waals surface area contributed by atoms with Crippen molar-refractivity contribution in [1.82, 2.24) is 0 Å². The molecule has 1 unspecified atom stereocenters. The minimum absolute atomic E-state index is 0.0184. The number of allylic oxidation sites excluding steroid dienone is 1. The Kier molecular flexibility index (Phi) is 4.29. The van der Waals surface area contributed by atoms with Gasteiger partial charge in [-0.3, -0.25) is 0 Å². The lowest BCUT2D eigenvalue weighted by Gasteiger charge is -2.19. The lowest BCUT2D eigenvalue weighted by Crippen LogP contribution is -2.01. The van der Waals surface area contributed by atoms with Gasteiger partial charge in [0.1, 0.15) is 17.2 Å². The molecule has 3 heteroatoms. The highest BCUT2D eigenvalue weighted by molar-refractivity contribution is 6.06. The average molecular weight is 392 g/mol. The highest BCUT2D eigenvalue weighted by atomic mass is 16.3. The predicted octanol–water partition coefficient (Wildman–Crippen LogP) is 5.91. The van der Waals surface area contributed by atoms with Crippen LogP contribution in [0.25, 0.3) is 11.1 Å². The average Bonchev–Trinajstić information content (AvgIpc) is 3.11. The van der Waals surface area contributed by atoms with Crippen LogP contribution in [0, 0.1) is 0 Å². The zero-order chi connectivity index (χ0) is 20.7. The second-order valence-electron chi connectivity index (χ2n) is 7.49. The van der Waals surface area contributed by atoms with Crippen molar-refractivity contribution in [1.29, 1.82) is 0 Å². The monoisotopic (exact) mass is 392 g/mol. The highest BCUT2D eigenvalue weighted by Gasteiger charge is 2.33. The van der Waals surface area contributed by atoms with Crippen LogP contribution in [-0.2, 0) is 0 Å². The third-order valence-electron chi connectivity index (χ3n) is 5.66. The molecule has 0 saturated carbocycles. The normalized spacial score (nSPS) is 15.3. The summed E-state index contributed by atoms with van der Waals surface area (Å²) in [5.74, 6) is 0.670. The fourth-order valence-corrected chi connectivity index (χ4v) is 4.33. The van der Waals surface area contributed by atoms with Crippen molar-refractivity contribution in [2.45, 2.75) is 5.92 Å². The van der Waals surface area contributed by atoms with E-state index in [1.165, 1.54) is 5.56 Å². The summed E-state index contributed by atoms with van der Waals surface area (Å²) in [4.78, 5) is 0. The molecule has 1 atom stereocenters. The van der Waals surface area contributed by atoms with Crippen LogP contribution in [0.5, 0.6) is 17.2 Å². The van der Waals surface area contributed by atoms with E-state index in [0.29, 0.717) is 0 Å². The molecule has 4 aromatic carbocycles. The minimum atomic E-state index is -0.0184. The van der Waals surface area contributed by atoms with Gasteiger partial charge in [-0.15, -0.1) is 0 Å². The quantitative estimate of drug-likeness (QED) is 0.406. The number of rotatable bonds is 3. The van der Waals surface area contributed by atoms with Crippen LogP contribution in [-0.4, -0.2) is 15.3 Å². The molecule has 1 aliphatic rings. The van der Waals surface area contributed by atoms with Crippen LogP contribution < -0.4 is 0 Å². The summed E-state index contributed by atoms with van der Waals surface area (Å²) in [5.41, 5.74) is 7.69. The van der Waals surface area contributed by atoms with Crippen LogP contribution in [0.4, 0.5) is 0 Å². The van der Waals surface area contributed by atoms with E-state index in [2.05, 4.69) is 12.1 Å². The topological polar surface area (TPSA) is 60.7 Å². The fraction of sp³-hybridized carbons (Fsp3) is 0.0370. The van der Waals surface area contributed by atoms with Gasteiger partial charge < -0.3 is 15.3 Å².